The Balaban J connectivity index is 2.35. The summed E-state index contributed by atoms with van der Waals surface area (Å²) >= 11 is 5.59. The molecule has 0 aliphatic heterocycles. The highest BCUT2D eigenvalue weighted by Crippen LogP contribution is 2.36. The lowest BCUT2D eigenvalue weighted by Crippen LogP contribution is -1.97. The maximum absolute atomic E-state index is 9.91. The summed E-state index contributed by atoms with van der Waals surface area (Å²) in [5, 5.41) is 19.8. The van der Waals surface area contributed by atoms with Crippen LogP contribution < -0.4 is 0 Å². The smallest absolute Gasteiger partial charge is 0.197 e. The average molecular weight is 228 g/mol. The maximum Gasteiger partial charge on any atom is 0.197 e. The average Bonchev–Trinajstić information content (AvgIpc) is 2.51. The van der Waals surface area contributed by atoms with Crippen LogP contribution in [0.15, 0.2) is 12.2 Å². The Morgan fingerprint density at radius 2 is 1.67 bits per heavy atom. The molecule has 0 atom stereocenters. The van der Waals surface area contributed by atoms with Gasteiger partial charge < -0.3 is 10.2 Å². The van der Waals surface area contributed by atoms with Crippen LogP contribution in [0.1, 0.15) is 17.5 Å². The number of alkyl halides is 1. The molecule has 1 heterocycles. The number of rotatable bonds is 3. The summed E-state index contributed by atoms with van der Waals surface area (Å²) in [6.45, 7) is 0.564. The first-order chi connectivity index (χ1) is 7.25. The molecule has 0 saturated heterocycles. The molecule has 2 rings (SSSR count). The van der Waals surface area contributed by atoms with Crippen LogP contribution in [0.4, 0.5) is 0 Å². The zero-order valence-corrected chi connectivity index (χ0v) is 9.17. The molecule has 1 aromatic heterocycles. The van der Waals surface area contributed by atoms with Crippen LogP contribution in [0.2, 0.25) is 0 Å². The van der Waals surface area contributed by atoms with Crippen molar-refractivity contribution in [2.45, 2.75) is 25.8 Å². The lowest BCUT2D eigenvalue weighted by Gasteiger charge is -2.04. The molecule has 0 amide bonds. The summed E-state index contributed by atoms with van der Waals surface area (Å²) in [6.07, 6.45) is 6.15. The molecule has 1 aliphatic carbocycles. The van der Waals surface area contributed by atoms with Crippen molar-refractivity contribution in [2.75, 3.05) is 5.88 Å². The lowest BCUT2D eigenvalue weighted by atomic mass is 10.0. The zero-order chi connectivity index (χ0) is 10.8. The van der Waals surface area contributed by atoms with E-state index >= 15 is 0 Å². The van der Waals surface area contributed by atoms with Gasteiger partial charge in [-0.05, 0) is 19.3 Å². The molecule has 1 aliphatic rings. The largest absolute Gasteiger partial charge is 0.494 e. The van der Waals surface area contributed by atoms with Crippen molar-refractivity contribution in [3.63, 3.8) is 0 Å². The molecular weight excluding hydrogens is 214 g/mol. The summed E-state index contributed by atoms with van der Waals surface area (Å²) in [4.78, 5) is 0. The second-order valence-corrected chi connectivity index (χ2v) is 4.06. The van der Waals surface area contributed by atoms with Crippen LogP contribution >= 0.6 is 11.6 Å². The van der Waals surface area contributed by atoms with E-state index in [1.165, 1.54) is 0 Å². The zero-order valence-electron chi connectivity index (χ0n) is 8.41. The predicted molar refractivity (Wildman–Crippen MR) is 59.6 cm³/mol. The number of aromatic nitrogens is 1. The van der Waals surface area contributed by atoms with Crippen LogP contribution in [0.5, 0.6) is 11.8 Å². The lowest BCUT2D eigenvalue weighted by molar-refractivity contribution is 0.364. The first kappa shape index (κ1) is 10.4. The van der Waals surface area contributed by atoms with Gasteiger partial charge in [-0.25, -0.2) is 0 Å². The first-order valence-electron chi connectivity index (χ1n) is 5.08. The van der Waals surface area contributed by atoms with Crippen molar-refractivity contribution in [1.82, 2.24) is 4.57 Å². The summed E-state index contributed by atoms with van der Waals surface area (Å²) in [7, 11) is 0. The van der Waals surface area contributed by atoms with Gasteiger partial charge in [-0.3, -0.25) is 4.57 Å². The predicted octanol–water partition coefficient (Wildman–Crippen LogP) is 2.18. The molecular formula is C11H14ClNO2. The molecule has 1 aromatic rings. The molecule has 0 bridgehead atoms. The van der Waals surface area contributed by atoms with Crippen molar-refractivity contribution in [1.29, 1.82) is 0 Å². The number of halogens is 1. The van der Waals surface area contributed by atoms with E-state index in [1.807, 2.05) is 12.2 Å². The van der Waals surface area contributed by atoms with E-state index in [1.54, 1.807) is 4.57 Å². The Hall–Kier alpha value is -1.09. The Morgan fingerprint density at radius 3 is 2.13 bits per heavy atom. The molecule has 0 radical (unpaired) electrons. The molecule has 0 unspecified atom stereocenters. The van der Waals surface area contributed by atoms with E-state index in [2.05, 4.69) is 0 Å². The van der Waals surface area contributed by atoms with E-state index in [4.69, 9.17) is 11.6 Å². The third-order valence-corrected chi connectivity index (χ3v) is 3.01. The maximum atomic E-state index is 9.91. The van der Waals surface area contributed by atoms with Gasteiger partial charge in [-0.15, -0.1) is 11.6 Å². The summed E-state index contributed by atoms with van der Waals surface area (Å²) in [5.41, 5.74) is 1.70. The van der Waals surface area contributed by atoms with E-state index in [-0.39, 0.29) is 11.8 Å². The quantitative estimate of drug-likeness (QED) is 0.614. The molecule has 3 nitrogen and oxygen atoms in total. The van der Waals surface area contributed by atoms with Gasteiger partial charge in [0.2, 0.25) is 0 Å². The molecule has 0 spiro atoms. The number of fused-ring (bicyclic) bond motifs is 1. The molecule has 0 aromatic carbocycles. The molecule has 82 valence electrons. The molecule has 2 N–H and O–H groups in total. The van der Waals surface area contributed by atoms with Crippen LogP contribution in [0.3, 0.4) is 0 Å². The fourth-order valence-corrected chi connectivity index (χ4v) is 2.08. The van der Waals surface area contributed by atoms with Gasteiger partial charge in [0.1, 0.15) is 0 Å². The van der Waals surface area contributed by atoms with Crippen molar-refractivity contribution >= 4 is 11.6 Å². The molecule has 15 heavy (non-hydrogen) atoms. The second kappa shape index (κ2) is 4.19. The van der Waals surface area contributed by atoms with E-state index in [0.29, 0.717) is 25.3 Å². The van der Waals surface area contributed by atoms with E-state index in [0.717, 1.165) is 17.5 Å². The Morgan fingerprint density at radius 1 is 1.13 bits per heavy atom. The number of aromatic hydroxyl groups is 2. The van der Waals surface area contributed by atoms with Crippen LogP contribution in [-0.2, 0) is 19.4 Å². The van der Waals surface area contributed by atoms with Crippen LogP contribution in [-0.4, -0.2) is 20.7 Å². The number of hydrogen-bond acceptors (Lipinski definition) is 2. The normalized spacial score (nSPS) is 14.2. The summed E-state index contributed by atoms with van der Waals surface area (Å²) in [6, 6.07) is 0. The van der Waals surface area contributed by atoms with Crippen molar-refractivity contribution in [3.8, 4) is 11.8 Å². The minimum Gasteiger partial charge on any atom is -0.494 e. The minimum absolute atomic E-state index is 0.192. The second-order valence-electron chi connectivity index (χ2n) is 3.68. The topological polar surface area (TPSA) is 45.4 Å². The highest BCUT2D eigenvalue weighted by atomic mass is 35.5. The van der Waals surface area contributed by atoms with Gasteiger partial charge in [-0.1, -0.05) is 12.2 Å². The monoisotopic (exact) mass is 227 g/mol. The summed E-state index contributed by atoms with van der Waals surface area (Å²) < 4.78 is 1.54. The van der Waals surface area contributed by atoms with Crippen molar-refractivity contribution in [2.24, 2.45) is 0 Å². The van der Waals surface area contributed by atoms with Crippen molar-refractivity contribution in [3.05, 3.63) is 23.3 Å². The summed E-state index contributed by atoms with van der Waals surface area (Å²) in [5.74, 6) is 0.911. The third-order valence-electron chi connectivity index (χ3n) is 2.74. The molecule has 0 saturated carbocycles. The Kier molecular flexibility index (Phi) is 2.91. The van der Waals surface area contributed by atoms with Gasteiger partial charge in [0.25, 0.3) is 0 Å². The number of allylic oxidation sites excluding steroid dienone is 2. The van der Waals surface area contributed by atoms with Gasteiger partial charge in [-0.2, -0.15) is 0 Å². The third kappa shape index (κ3) is 1.72. The van der Waals surface area contributed by atoms with Gasteiger partial charge >= 0.3 is 0 Å². The SMILES string of the molecule is Oc1c2c(c(O)n1CCCCl)CC=CC2. The van der Waals surface area contributed by atoms with Gasteiger partial charge in [0.05, 0.1) is 0 Å². The Labute approximate surface area is 93.6 Å². The molecule has 4 heteroatoms. The standard InChI is InChI=1S/C11H14ClNO2/c12-6-3-7-13-10(14)8-4-1-2-5-9(8)11(13)15/h1-2,14-15H,3-7H2. The van der Waals surface area contributed by atoms with Crippen LogP contribution in [0, 0.1) is 0 Å². The van der Waals surface area contributed by atoms with E-state index < -0.39 is 0 Å². The Bertz CT molecular complexity index is 364. The van der Waals surface area contributed by atoms with Crippen LogP contribution in [0.25, 0.3) is 0 Å². The van der Waals surface area contributed by atoms with Crippen molar-refractivity contribution < 1.29 is 10.2 Å². The first-order valence-corrected chi connectivity index (χ1v) is 5.62. The fraction of sp³-hybridized carbons (Fsp3) is 0.455. The number of nitrogens with zero attached hydrogens (tertiary/aromatic N) is 1. The van der Waals surface area contributed by atoms with E-state index in [9.17, 15) is 10.2 Å². The molecule has 0 fully saturated rings. The minimum atomic E-state index is 0.192. The highest BCUT2D eigenvalue weighted by molar-refractivity contribution is 6.17. The fourth-order valence-electron chi connectivity index (χ4n) is 1.96. The number of hydrogen-bond donors (Lipinski definition) is 2. The van der Waals surface area contributed by atoms with Gasteiger partial charge in [0, 0.05) is 23.6 Å². The van der Waals surface area contributed by atoms with Gasteiger partial charge in [0.15, 0.2) is 11.8 Å². The highest BCUT2D eigenvalue weighted by Gasteiger charge is 2.21.